The third-order valence-corrected chi connectivity index (χ3v) is 2.75. The molecule has 0 aliphatic rings. The first-order valence-electron chi connectivity index (χ1n) is 8.08. The van der Waals surface area contributed by atoms with Crippen molar-refractivity contribution in [3.8, 4) is 11.8 Å². The van der Waals surface area contributed by atoms with Gasteiger partial charge in [-0.25, -0.2) is 0 Å². The molecular formula is C18H32O3. The van der Waals surface area contributed by atoms with Crippen LogP contribution in [0.2, 0.25) is 0 Å². The first kappa shape index (κ1) is 22.0. The molecule has 0 saturated carbocycles. The maximum atomic E-state index is 9.00. The Bertz CT molecular complexity index is 293. The molecule has 0 spiro atoms. The number of rotatable bonds is 10. The predicted octanol–water partition coefficient (Wildman–Crippen LogP) is 4.55. The van der Waals surface area contributed by atoms with E-state index in [2.05, 4.69) is 24.8 Å². The lowest BCUT2D eigenvalue weighted by Crippen LogP contribution is -1.84. The lowest BCUT2D eigenvalue weighted by molar-refractivity contribution is -0.134. The number of unbranched alkanes of at least 4 members (excludes halogenated alkanes) is 8. The van der Waals surface area contributed by atoms with Gasteiger partial charge < -0.3 is 10.2 Å². The zero-order valence-corrected chi connectivity index (χ0v) is 13.7. The molecule has 0 atom stereocenters. The third kappa shape index (κ3) is 32.3. The van der Waals surface area contributed by atoms with E-state index in [1.54, 1.807) is 0 Å². The molecule has 0 aliphatic carbocycles. The van der Waals surface area contributed by atoms with Crippen molar-refractivity contribution >= 4 is 5.97 Å². The molecule has 122 valence electrons. The first-order valence-corrected chi connectivity index (χ1v) is 8.08. The Morgan fingerprint density at radius 1 is 1.00 bits per heavy atom. The molecule has 0 amide bonds. The van der Waals surface area contributed by atoms with Crippen molar-refractivity contribution in [3.63, 3.8) is 0 Å². The Morgan fingerprint density at radius 3 is 1.95 bits per heavy atom. The number of aliphatic carboxylic acids is 1. The lowest BCUT2D eigenvalue weighted by Gasteiger charge is -1.99. The molecular weight excluding hydrogens is 264 g/mol. The van der Waals surface area contributed by atoms with E-state index in [1.165, 1.54) is 44.9 Å². The minimum Gasteiger partial charge on any atom is -0.481 e. The SMILES string of the molecule is CC(=O)O.CCC=CC#CCCCCCCCCCCO. The molecule has 0 aromatic rings. The molecule has 21 heavy (non-hydrogen) atoms. The number of aliphatic hydroxyl groups excluding tert-OH is 1. The summed E-state index contributed by atoms with van der Waals surface area (Å²) in [5, 5.41) is 16.0. The van der Waals surface area contributed by atoms with Crippen LogP contribution in [0.15, 0.2) is 12.2 Å². The summed E-state index contributed by atoms with van der Waals surface area (Å²) in [7, 11) is 0. The van der Waals surface area contributed by atoms with Gasteiger partial charge in [0.25, 0.3) is 5.97 Å². The number of carboxylic acids is 1. The summed E-state index contributed by atoms with van der Waals surface area (Å²) < 4.78 is 0. The largest absolute Gasteiger partial charge is 0.481 e. The van der Waals surface area contributed by atoms with Crippen LogP contribution in [0.5, 0.6) is 0 Å². The van der Waals surface area contributed by atoms with Crippen LogP contribution in [-0.4, -0.2) is 22.8 Å². The molecule has 0 fully saturated rings. The van der Waals surface area contributed by atoms with Gasteiger partial charge in [0, 0.05) is 20.0 Å². The molecule has 0 aromatic carbocycles. The quantitative estimate of drug-likeness (QED) is 0.459. The van der Waals surface area contributed by atoms with Crippen molar-refractivity contribution < 1.29 is 15.0 Å². The van der Waals surface area contributed by atoms with Gasteiger partial charge >= 0.3 is 0 Å². The summed E-state index contributed by atoms with van der Waals surface area (Å²) in [4.78, 5) is 9.00. The average Bonchev–Trinajstić information content (AvgIpc) is 2.43. The van der Waals surface area contributed by atoms with Crippen molar-refractivity contribution in [3.05, 3.63) is 12.2 Å². The zero-order valence-electron chi connectivity index (χ0n) is 13.7. The maximum absolute atomic E-state index is 9.00. The van der Waals surface area contributed by atoms with E-state index in [4.69, 9.17) is 15.0 Å². The van der Waals surface area contributed by atoms with Crippen LogP contribution in [0.4, 0.5) is 0 Å². The van der Waals surface area contributed by atoms with Crippen molar-refractivity contribution in [2.75, 3.05) is 6.61 Å². The van der Waals surface area contributed by atoms with E-state index in [-0.39, 0.29) is 0 Å². The smallest absolute Gasteiger partial charge is 0.300 e. The van der Waals surface area contributed by atoms with E-state index in [9.17, 15) is 0 Å². The van der Waals surface area contributed by atoms with Crippen molar-refractivity contribution in [2.45, 2.75) is 78.1 Å². The molecule has 0 heterocycles. The lowest BCUT2D eigenvalue weighted by atomic mass is 10.1. The van der Waals surface area contributed by atoms with Gasteiger partial charge in [0.2, 0.25) is 0 Å². The highest BCUT2D eigenvalue weighted by Gasteiger charge is 1.91. The number of aliphatic hydroxyl groups is 1. The highest BCUT2D eigenvalue weighted by atomic mass is 16.4. The van der Waals surface area contributed by atoms with Crippen LogP contribution in [0.3, 0.4) is 0 Å². The monoisotopic (exact) mass is 296 g/mol. The second-order valence-corrected chi connectivity index (χ2v) is 4.95. The molecule has 0 radical (unpaired) electrons. The van der Waals surface area contributed by atoms with Crippen molar-refractivity contribution in [2.24, 2.45) is 0 Å². The summed E-state index contributed by atoms with van der Waals surface area (Å²) in [6.07, 6.45) is 16.2. The summed E-state index contributed by atoms with van der Waals surface area (Å²) in [5.74, 6) is 5.40. The van der Waals surface area contributed by atoms with E-state index in [0.717, 1.165) is 26.2 Å². The van der Waals surface area contributed by atoms with Crippen LogP contribution in [-0.2, 0) is 4.79 Å². The van der Waals surface area contributed by atoms with E-state index in [1.807, 2.05) is 6.08 Å². The topological polar surface area (TPSA) is 57.5 Å². The average molecular weight is 296 g/mol. The molecule has 0 aliphatic heterocycles. The predicted molar refractivity (Wildman–Crippen MR) is 89.2 cm³/mol. The first-order chi connectivity index (χ1) is 10.1. The second-order valence-electron chi connectivity index (χ2n) is 4.95. The minimum atomic E-state index is -0.833. The second kappa shape index (κ2) is 21.0. The van der Waals surface area contributed by atoms with Gasteiger partial charge in [0.1, 0.15) is 0 Å². The fraction of sp³-hybridized carbons (Fsp3) is 0.722. The van der Waals surface area contributed by atoms with Gasteiger partial charge in [0.15, 0.2) is 0 Å². The Balaban J connectivity index is 0. The zero-order chi connectivity index (χ0) is 16.2. The molecule has 3 nitrogen and oxygen atoms in total. The molecule has 0 aromatic heterocycles. The van der Waals surface area contributed by atoms with Gasteiger partial charge in [-0.1, -0.05) is 63.4 Å². The van der Waals surface area contributed by atoms with Crippen LogP contribution in [0, 0.1) is 11.8 Å². The highest BCUT2D eigenvalue weighted by molar-refractivity contribution is 5.62. The number of hydrogen-bond acceptors (Lipinski definition) is 2. The third-order valence-electron chi connectivity index (χ3n) is 2.75. The van der Waals surface area contributed by atoms with E-state index >= 15 is 0 Å². The van der Waals surface area contributed by atoms with Gasteiger partial charge in [-0.05, 0) is 25.3 Å². The Kier molecular flexibility index (Phi) is 22.1. The highest BCUT2D eigenvalue weighted by Crippen LogP contribution is 2.09. The number of hydrogen-bond donors (Lipinski definition) is 2. The summed E-state index contributed by atoms with van der Waals surface area (Å²) >= 11 is 0. The van der Waals surface area contributed by atoms with Crippen molar-refractivity contribution in [1.29, 1.82) is 0 Å². The summed E-state index contributed by atoms with van der Waals surface area (Å²) in [6.45, 7) is 3.56. The Morgan fingerprint density at radius 2 is 1.48 bits per heavy atom. The fourth-order valence-electron chi connectivity index (χ4n) is 1.69. The molecule has 0 unspecified atom stereocenters. The normalized spacial score (nSPS) is 9.67. The van der Waals surface area contributed by atoms with Gasteiger partial charge in [0.05, 0.1) is 0 Å². The summed E-state index contributed by atoms with van der Waals surface area (Å²) in [5.41, 5.74) is 0. The van der Waals surface area contributed by atoms with Gasteiger partial charge in [-0.15, -0.1) is 0 Å². The van der Waals surface area contributed by atoms with E-state index < -0.39 is 5.97 Å². The molecule has 0 saturated heterocycles. The number of allylic oxidation sites excluding steroid dienone is 2. The van der Waals surface area contributed by atoms with E-state index in [0.29, 0.717) is 6.61 Å². The molecule has 2 N–H and O–H groups in total. The standard InChI is InChI=1S/C16H28O.C2H4O2/c1-2-3-4-5-6-7-8-9-10-11-12-13-14-15-16-17;1-2(3)4/h3-4,17H,2,7-16H2,1H3;1H3,(H,3,4). The van der Waals surface area contributed by atoms with Crippen molar-refractivity contribution in [1.82, 2.24) is 0 Å². The van der Waals surface area contributed by atoms with Gasteiger partial charge in [-0.2, -0.15) is 0 Å². The van der Waals surface area contributed by atoms with Crippen LogP contribution < -0.4 is 0 Å². The Hall–Kier alpha value is -1.27. The minimum absolute atomic E-state index is 0.352. The summed E-state index contributed by atoms with van der Waals surface area (Å²) in [6, 6.07) is 0. The number of carboxylic acid groups (broad SMARTS) is 1. The Labute approximate surface area is 130 Å². The van der Waals surface area contributed by atoms with Crippen LogP contribution in [0.1, 0.15) is 78.1 Å². The number of carbonyl (C=O) groups is 1. The molecule has 0 rings (SSSR count). The molecule has 0 bridgehead atoms. The maximum Gasteiger partial charge on any atom is 0.300 e. The van der Waals surface area contributed by atoms with Crippen LogP contribution in [0.25, 0.3) is 0 Å². The fourth-order valence-corrected chi connectivity index (χ4v) is 1.69. The van der Waals surface area contributed by atoms with Gasteiger partial charge in [-0.3, -0.25) is 4.79 Å². The molecule has 3 heteroatoms. The van der Waals surface area contributed by atoms with Crippen LogP contribution >= 0.6 is 0 Å².